The van der Waals surface area contributed by atoms with Crippen LogP contribution in [0.3, 0.4) is 0 Å². The summed E-state index contributed by atoms with van der Waals surface area (Å²) in [6.07, 6.45) is 1.39. The van der Waals surface area contributed by atoms with Gasteiger partial charge in [-0.15, -0.1) is 0 Å². The van der Waals surface area contributed by atoms with Crippen LogP contribution in [0.4, 0.5) is 5.69 Å². The van der Waals surface area contributed by atoms with Gasteiger partial charge in [0.05, 0.1) is 5.25 Å². The summed E-state index contributed by atoms with van der Waals surface area (Å²) in [7, 11) is -3.49. The van der Waals surface area contributed by atoms with Gasteiger partial charge >= 0.3 is 5.22 Å². The van der Waals surface area contributed by atoms with E-state index in [-0.39, 0.29) is 5.22 Å². The Kier molecular flexibility index (Phi) is 3.30. The van der Waals surface area contributed by atoms with Crippen LogP contribution in [-0.2, 0) is 9.84 Å². The number of fused-ring (bicyclic) bond motifs is 1. The number of anilines is 1. The van der Waals surface area contributed by atoms with Gasteiger partial charge in [-0.2, -0.15) is 4.98 Å². The molecule has 0 fully saturated rings. The molecule has 2 N–H and O–H groups in total. The minimum atomic E-state index is -3.49. The maximum Gasteiger partial charge on any atom is 0.316 e. The molecule has 5 nitrogen and oxygen atoms in total. The van der Waals surface area contributed by atoms with Crippen LogP contribution in [0.2, 0.25) is 0 Å². The summed E-state index contributed by atoms with van der Waals surface area (Å²) in [5, 5.41) is -0.711. The zero-order valence-electron chi connectivity index (χ0n) is 10.4. The summed E-state index contributed by atoms with van der Waals surface area (Å²) in [5.41, 5.74) is 7.04. The maximum absolute atomic E-state index is 12.2. The van der Waals surface area contributed by atoms with Crippen molar-refractivity contribution in [1.29, 1.82) is 0 Å². The van der Waals surface area contributed by atoms with Crippen LogP contribution in [0.1, 0.15) is 26.7 Å². The second-order valence-electron chi connectivity index (χ2n) is 4.35. The van der Waals surface area contributed by atoms with Gasteiger partial charge in [-0.25, -0.2) is 8.42 Å². The molecule has 0 bridgehead atoms. The molecule has 1 aromatic heterocycles. The van der Waals surface area contributed by atoms with Crippen LogP contribution < -0.4 is 5.73 Å². The average molecular weight is 268 g/mol. The molecular formula is C12H16N2O3S. The summed E-state index contributed by atoms with van der Waals surface area (Å²) >= 11 is 0. The molecule has 2 aromatic rings. The van der Waals surface area contributed by atoms with E-state index in [9.17, 15) is 8.42 Å². The second-order valence-corrected chi connectivity index (χ2v) is 6.60. The molecule has 0 aliphatic carbocycles. The monoisotopic (exact) mass is 268 g/mol. The van der Waals surface area contributed by atoms with Gasteiger partial charge in [0.25, 0.3) is 0 Å². The van der Waals surface area contributed by atoms with E-state index in [4.69, 9.17) is 10.2 Å². The van der Waals surface area contributed by atoms with Crippen molar-refractivity contribution in [2.45, 2.75) is 37.2 Å². The molecule has 1 atom stereocenters. The predicted octanol–water partition coefficient (Wildman–Crippen LogP) is 2.37. The molecule has 2 rings (SSSR count). The molecule has 0 saturated heterocycles. The van der Waals surface area contributed by atoms with E-state index in [1.165, 1.54) is 0 Å². The Morgan fingerprint density at radius 1 is 1.44 bits per heavy atom. The number of hydrogen-bond acceptors (Lipinski definition) is 5. The number of aromatic nitrogens is 1. The van der Waals surface area contributed by atoms with Gasteiger partial charge in [0, 0.05) is 11.8 Å². The third-order valence-corrected chi connectivity index (χ3v) is 4.82. The average Bonchev–Trinajstić information content (AvgIpc) is 2.72. The first-order valence-electron chi connectivity index (χ1n) is 5.85. The van der Waals surface area contributed by atoms with E-state index in [1.807, 2.05) is 6.92 Å². The first-order chi connectivity index (χ1) is 8.45. The molecule has 0 radical (unpaired) electrons. The first kappa shape index (κ1) is 12.9. The van der Waals surface area contributed by atoms with Crippen molar-refractivity contribution >= 4 is 26.6 Å². The minimum absolute atomic E-state index is 0.218. The van der Waals surface area contributed by atoms with Gasteiger partial charge in [-0.05, 0) is 25.5 Å². The van der Waals surface area contributed by atoms with Crippen molar-refractivity contribution in [3.63, 3.8) is 0 Å². The summed E-state index contributed by atoms with van der Waals surface area (Å²) in [6, 6.07) is 4.89. The summed E-state index contributed by atoms with van der Waals surface area (Å²) < 4.78 is 29.7. The lowest BCUT2D eigenvalue weighted by atomic mass is 10.3. The lowest BCUT2D eigenvalue weighted by Gasteiger charge is -2.07. The fraction of sp³-hybridized carbons (Fsp3) is 0.417. The van der Waals surface area contributed by atoms with Crippen molar-refractivity contribution in [2.24, 2.45) is 0 Å². The molecular weight excluding hydrogens is 252 g/mol. The topological polar surface area (TPSA) is 86.2 Å². The summed E-state index contributed by atoms with van der Waals surface area (Å²) in [5.74, 6) is 0. The van der Waals surface area contributed by atoms with Crippen LogP contribution in [0.25, 0.3) is 11.1 Å². The number of rotatable bonds is 4. The van der Waals surface area contributed by atoms with E-state index < -0.39 is 15.1 Å². The van der Waals surface area contributed by atoms with Gasteiger partial charge in [-0.1, -0.05) is 13.3 Å². The number of oxazole rings is 1. The Hall–Kier alpha value is -1.56. The quantitative estimate of drug-likeness (QED) is 0.860. The minimum Gasteiger partial charge on any atom is -0.428 e. The van der Waals surface area contributed by atoms with Crippen molar-refractivity contribution in [2.75, 3.05) is 5.73 Å². The Balaban J connectivity index is 2.48. The lowest BCUT2D eigenvalue weighted by molar-refractivity contribution is 0.452. The van der Waals surface area contributed by atoms with Crippen LogP contribution >= 0.6 is 0 Å². The second kappa shape index (κ2) is 4.61. The number of sulfone groups is 1. The fourth-order valence-electron chi connectivity index (χ4n) is 1.78. The number of nitrogens with two attached hydrogens (primary N) is 1. The van der Waals surface area contributed by atoms with Gasteiger partial charge in [0.2, 0.25) is 9.84 Å². The van der Waals surface area contributed by atoms with Crippen LogP contribution in [0.5, 0.6) is 0 Å². The third-order valence-electron chi connectivity index (χ3n) is 2.86. The van der Waals surface area contributed by atoms with Crippen molar-refractivity contribution in [3.05, 3.63) is 18.2 Å². The molecule has 6 heteroatoms. The fourth-order valence-corrected chi connectivity index (χ4v) is 3.10. The zero-order chi connectivity index (χ0) is 13.3. The molecule has 0 aliphatic heterocycles. The standard InChI is InChI=1S/C12H16N2O3S/c1-3-4-8(2)18(15,16)12-14-10-6-5-9(13)7-11(10)17-12/h5-8H,3-4,13H2,1-2H3. The molecule has 0 saturated carbocycles. The van der Waals surface area contributed by atoms with Gasteiger partial charge in [0.1, 0.15) is 5.52 Å². The van der Waals surface area contributed by atoms with E-state index in [1.54, 1.807) is 25.1 Å². The van der Waals surface area contributed by atoms with Crippen molar-refractivity contribution < 1.29 is 12.8 Å². The zero-order valence-corrected chi connectivity index (χ0v) is 11.2. The van der Waals surface area contributed by atoms with E-state index in [2.05, 4.69) is 4.98 Å². The van der Waals surface area contributed by atoms with Gasteiger partial charge in [-0.3, -0.25) is 0 Å². The molecule has 0 amide bonds. The molecule has 0 aliphatic rings. The number of nitrogens with zero attached hydrogens (tertiary/aromatic N) is 1. The van der Waals surface area contributed by atoms with Crippen molar-refractivity contribution in [1.82, 2.24) is 4.98 Å². The number of benzene rings is 1. The molecule has 1 unspecified atom stereocenters. The van der Waals surface area contributed by atoms with E-state index >= 15 is 0 Å². The van der Waals surface area contributed by atoms with Gasteiger partial charge < -0.3 is 10.2 Å². The molecule has 18 heavy (non-hydrogen) atoms. The Morgan fingerprint density at radius 2 is 2.17 bits per heavy atom. The highest BCUT2D eigenvalue weighted by molar-refractivity contribution is 7.91. The van der Waals surface area contributed by atoms with Crippen LogP contribution in [-0.4, -0.2) is 18.7 Å². The highest BCUT2D eigenvalue weighted by atomic mass is 32.2. The SMILES string of the molecule is CCCC(C)S(=O)(=O)c1nc2ccc(N)cc2o1. The predicted molar refractivity (Wildman–Crippen MR) is 70.0 cm³/mol. The Bertz CT molecular complexity index is 661. The van der Waals surface area contributed by atoms with Crippen LogP contribution in [0.15, 0.2) is 27.8 Å². The molecule has 1 heterocycles. The Morgan fingerprint density at radius 3 is 2.83 bits per heavy atom. The highest BCUT2D eigenvalue weighted by Gasteiger charge is 2.28. The summed E-state index contributed by atoms with van der Waals surface area (Å²) in [4.78, 5) is 4.02. The van der Waals surface area contributed by atoms with Gasteiger partial charge in [0.15, 0.2) is 5.58 Å². The maximum atomic E-state index is 12.2. The third kappa shape index (κ3) is 2.20. The smallest absolute Gasteiger partial charge is 0.316 e. The molecule has 98 valence electrons. The lowest BCUT2D eigenvalue weighted by Crippen LogP contribution is -2.17. The van der Waals surface area contributed by atoms with E-state index in [0.717, 1.165) is 6.42 Å². The number of hydrogen-bond donors (Lipinski definition) is 1. The number of nitrogen functional groups attached to an aromatic ring is 1. The summed E-state index contributed by atoms with van der Waals surface area (Å²) in [6.45, 7) is 3.61. The normalized spacial score (nSPS) is 13.9. The first-order valence-corrected chi connectivity index (χ1v) is 7.39. The van der Waals surface area contributed by atoms with Crippen LogP contribution in [0, 0.1) is 0 Å². The van der Waals surface area contributed by atoms with Crippen molar-refractivity contribution in [3.8, 4) is 0 Å². The highest BCUT2D eigenvalue weighted by Crippen LogP contribution is 2.24. The molecule has 0 spiro atoms. The Labute approximate surface area is 106 Å². The van der Waals surface area contributed by atoms with E-state index in [0.29, 0.717) is 23.2 Å². The molecule has 1 aromatic carbocycles. The largest absolute Gasteiger partial charge is 0.428 e.